The second-order valence-corrected chi connectivity index (χ2v) is 6.21. The van der Waals surface area contributed by atoms with E-state index in [2.05, 4.69) is 20.2 Å². The molecule has 0 saturated carbocycles. The van der Waals surface area contributed by atoms with Crippen LogP contribution in [0.4, 0.5) is 19.0 Å². The van der Waals surface area contributed by atoms with Gasteiger partial charge in [0.05, 0.1) is 12.7 Å². The fraction of sp³-hybridized carbons (Fsp3) is 0.100. The van der Waals surface area contributed by atoms with Crippen LogP contribution in [0.1, 0.15) is 5.56 Å². The van der Waals surface area contributed by atoms with Gasteiger partial charge in [-0.2, -0.15) is 13.2 Å². The number of anilines is 1. The molecule has 30 heavy (non-hydrogen) atoms. The third-order valence-corrected chi connectivity index (χ3v) is 4.32. The first-order valence-electron chi connectivity index (χ1n) is 8.63. The summed E-state index contributed by atoms with van der Waals surface area (Å²) in [5, 5.41) is 8.85. The number of nitrogens with zero attached hydrogens (tertiary/aromatic N) is 4. The summed E-state index contributed by atoms with van der Waals surface area (Å²) in [5.41, 5.74) is 5.75. The molecule has 0 radical (unpaired) electrons. The van der Waals surface area contributed by atoms with Gasteiger partial charge in [-0.1, -0.05) is 18.2 Å². The summed E-state index contributed by atoms with van der Waals surface area (Å²) in [4.78, 5) is 8.00. The number of hydrogen-bond donors (Lipinski definition) is 1. The fourth-order valence-corrected chi connectivity index (χ4v) is 2.86. The summed E-state index contributed by atoms with van der Waals surface area (Å²) < 4.78 is 50.6. The molecule has 4 rings (SSSR count). The Morgan fingerprint density at radius 1 is 0.933 bits per heavy atom. The molecular weight excluding hydrogens is 399 g/mol. The van der Waals surface area contributed by atoms with Crippen molar-refractivity contribution in [1.29, 1.82) is 0 Å². The van der Waals surface area contributed by atoms with Crippen molar-refractivity contribution in [2.75, 3.05) is 12.8 Å². The predicted molar refractivity (Wildman–Crippen MR) is 103 cm³/mol. The van der Waals surface area contributed by atoms with Crippen molar-refractivity contribution in [3.05, 3.63) is 60.4 Å². The normalized spacial score (nSPS) is 11.5. The van der Waals surface area contributed by atoms with Crippen LogP contribution in [0, 0.1) is 0 Å². The Morgan fingerprint density at radius 3 is 2.30 bits per heavy atom. The molecule has 0 atom stereocenters. The van der Waals surface area contributed by atoms with Crippen LogP contribution in [0.5, 0.6) is 17.6 Å². The quantitative estimate of drug-likeness (QED) is 0.527. The van der Waals surface area contributed by atoms with Crippen LogP contribution in [0.15, 0.2) is 54.9 Å². The van der Waals surface area contributed by atoms with Crippen molar-refractivity contribution in [2.24, 2.45) is 0 Å². The van der Waals surface area contributed by atoms with E-state index in [1.807, 2.05) is 0 Å². The van der Waals surface area contributed by atoms with Crippen LogP contribution in [0.3, 0.4) is 0 Å². The number of rotatable bonds is 4. The van der Waals surface area contributed by atoms with Crippen LogP contribution in [0.25, 0.3) is 21.9 Å². The Balaban J connectivity index is 1.85. The number of nitrogens with two attached hydrogens (primary N) is 1. The van der Waals surface area contributed by atoms with Gasteiger partial charge in [-0.25, -0.2) is 9.97 Å². The van der Waals surface area contributed by atoms with Gasteiger partial charge >= 0.3 is 12.2 Å². The lowest BCUT2D eigenvalue weighted by Gasteiger charge is -2.15. The van der Waals surface area contributed by atoms with Crippen molar-refractivity contribution in [2.45, 2.75) is 6.18 Å². The van der Waals surface area contributed by atoms with E-state index >= 15 is 0 Å². The van der Waals surface area contributed by atoms with Gasteiger partial charge in [-0.05, 0) is 24.3 Å². The molecule has 152 valence electrons. The lowest BCUT2D eigenvalue weighted by atomic mass is 10.0. The average Bonchev–Trinajstić information content (AvgIpc) is 2.75. The summed E-state index contributed by atoms with van der Waals surface area (Å²) in [7, 11) is 1.41. The van der Waals surface area contributed by atoms with Crippen molar-refractivity contribution >= 4 is 16.6 Å². The lowest BCUT2D eigenvalue weighted by Crippen LogP contribution is -2.06. The lowest BCUT2D eigenvalue weighted by molar-refractivity contribution is -0.137. The van der Waals surface area contributed by atoms with E-state index in [4.69, 9.17) is 15.2 Å². The van der Waals surface area contributed by atoms with Crippen LogP contribution < -0.4 is 15.2 Å². The van der Waals surface area contributed by atoms with Gasteiger partial charge in [0.2, 0.25) is 5.88 Å². The molecule has 0 bridgehead atoms. The number of methoxy groups -OCH3 is 1. The summed E-state index contributed by atoms with van der Waals surface area (Å²) >= 11 is 0. The van der Waals surface area contributed by atoms with Crippen molar-refractivity contribution in [3.63, 3.8) is 0 Å². The SMILES string of the molecule is COc1ncc(-c2ccc(C(F)(F)F)cc2Oc2nnc(N)c3ccccc23)cn1. The van der Waals surface area contributed by atoms with E-state index in [9.17, 15) is 13.2 Å². The topological polar surface area (TPSA) is 96.0 Å². The smallest absolute Gasteiger partial charge is 0.416 e. The standard InChI is InChI=1S/C20H14F3N5O2/c1-29-19-25-9-11(10-26-19)13-7-6-12(20(21,22)23)8-16(13)30-18-15-5-3-2-4-14(15)17(24)27-28-18/h2-10H,1H3,(H2,24,27). The molecule has 10 heteroatoms. The highest BCUT2D eigenvalue weighted by Crippen LogP contribution is 2.40. The third kappa shape index (κ3) is 3.66. The number of ether oxygens (including phenoxy) is 2. The Hall–Kier alpha value is -3.95. The minimum Gasteiger partial charge on any atom is -0.467 e. The van der Waals surface area contributed by atoms with E-state index in [1.165, 1.54) is 25.6 Å². The number of halogens is 3. The fourth-order valence-electron chi connectivity index (χ4n) is 2.86. The molecule has 7 nitrogen and oxygen atoms in total. The number of hydrogen-bond acceptors (Lipinski definition) is 7. The number of alkyl halides is 3. The Morgan fingerprint density at radius 2 is 1.63 bits per heavy atom. The number of nitrogen functional groups attached to an aromatic ring is 1. The van der Waals surface area contributed by atoms with E-state index in [0.29, 0.717) is 21.9 Å². The van der Waals surface area contributed by atoms with Gasteiger partial charge in [-0.3, -0.25) is 0 Å². The predicted octanol–water partition coefficient (Wildman–Crippen LogP) is 4.49. The van der Waals surface area contributed by atoms with Crippen LogP contribution in [-0.4, -0.2) is 27.3 Å². The second-order valence-electron chi connectivity index (χ2n) is 6.21. The zero-order valence-corrected chi connectivity index (χ0v) is 15.5. The first-order chi connectivity index (χ1) is 14.4. The molecule has 0 unspecified atom stereocenters. The second kappa shape index (κ2) is 7.47. The molecule has 0 amide bonds. The maximum absolute atomic E-state index is 13.3. The first kappa shape index (κ1) is 19.4. The van der Waals surface area contributed by atoms with Gasteiger partial charge in [0, 0.05) is 34.3 Å². The first-order valence-corrected chi connectivity index (χ1v) is 8.63. The molecule has 2 N–H and O–H groups in total. The Labute approximate surface area is 168 Å². The van der Waals surface area contributed by atoms with Crippen molar-refractivity contribution in [1.82, 2.24) is 20.2 Å². The van der Waals surface area contributed by atoms with E-state index in [-0.39, 0.29) is 23.5 Å². The minimum absolute atomic E-state index is 0.0230. The summed E-state index contributed by atoms with van der Waals surface area (Å²) in [5.74, 6) is 0.128. The molecule has 0 spiro atoms. The van der Waals surface area contributed by atoms with Crippen LogP contribution >= 0.6 is 0 Å². The van der Waals surface area contributed by atoms with E-state index in [0.717, 1.165) is 12.1 Å². The Kier molecular flexibility index (Phi) is 4.82. The van der Waals surface area contributed by atoms with E-state index in [1.54, 1.807) is 24.3 Å². The van der Waals surface area contributed by atoms with Gasteiger partial charge in [0.15, 0.2) is 5.82 Å². The molecule has 4 aromatic rings. The number of fused-ring (bicyclic) bond motifs is 1. The van der Waals surface area contributed by atoms with Crippen LogP contribution in [-0.2, 0) is 6.18 Å². The van der Waals surface area contributed by atoms with Gasteiger partial charge in [0.25, 0.3) is 0 Å². The molecule has 0 aliphatic rings. The van der Waals surface area contributed by atoms with E-state index < -0.39 is 11.7 Å². The maximum Gasteiger partial charge on any atom is 0.416 e. The highest BCUT2D eigenvalue weighted by atomic mass is 19.4. The molecule has 0 aliphatic carbocycles. The van der Waals surface area contributed by atoms with Gasteiger partial charge in [0.1, 0.15) is 5.75 Å². The summed E-state index contributed by atoms with van der Waals surface area (Å²) in [6.07, 6.45) is -1.70. The monoisotopic (exact) mass is 413 g/mol. The molecule has 0 fully saturated rings. The minimum atomic E-state index is -4.55. The van der Waals surface area contributed by atoms with Crippen molar-refractivity contribution in [3.8, 4) is 28.8 Å². The third-order valence-electron chi connectivity index (χ3n) is 4.32. The Bertz CT molecular complexity index is 1210. The van der Waals surface area contributed by atoms with Gasteiger partial charge in [-0.15, -0.1) is 10.2 Å². The van der Waals surface area contributed by atoms with Crippen molar-refractivity contribution < 1.29 is 22.6 Å². The highest BCUT2D eigenvalue weighted by molar-refractivity contribution is 5.94. The van der Waals surface area contributed by atoms with Gasteiger partial charge < -0.3 is 15.2 Å². The molecular formula is C20H14F3N5O2. The molecule has 0 aliphatic heterocycles. The summed E-state index contributed by atoms with van der Waals surface area (Å²) in [6, 6.07) is 10.2. The zero-order valence-electron chi connectivity index (χ0n) is 15.5. The molecule has 2 aromatic heterocycles. The molecule has 2 heterocycles. The number of benzene rings is 2. The average molecular weight is 413 g/mol. The zero-order chi connectivity index (χ0) is 21.3. The van der Waals surface area contributed by atoms with Crippen LogP contribution in [0.2, 0.25) is 0 Å². The number of aromatic nitrogens is 4. The summed E-state index contributed by atoms with van der Waals surface area (Å²) in [6.45, 7) is 0. The largest absolute Gasteiger partial charge is 0.467 e. The highest BCUT2D eigenvalue weighted by Gasteiger charge is 2.31. The maximum atomic E-state index is 13.3. The molecule has 0 saturated heterocycles. The molecule has 2 aromatic carbocycles.